The van der Waals surface area contributed by atoms with E-state index in [1.54, 1.807) is 0 Å². The molecule has 0 N–H and O–H groups in total. The Bertz CT molecular complexity index is 299. The van der Waals surface area contributed by atoms with Crippen molar-refractivity contribution >= 4 is 19.5 Å². The normalized spacial score (nSPS) is 8.83. The Morgan fingerprint density at radius 1 is 1.42 bits per heavy atom. The minimum atomic E-state index is -1.28. The lowest BCUT2D eigenvalue weighted by molar-refractivity contribution is 0.0573. The van der Waals surface area contributed by atoms with Gasteiger partial charge in [-0.1, -0.05) is 0 Å². The number of halogens is 1. The molecule has 0 aliphatic rings. The summed E-state index contributed by atoms with van der Waals surface area (Å²) >= 11 is 0. The highest BCUT2D eigenvalue weighted by Crippen LogP contribution is 2.08. The molecule has 2 nitrogen and oxygen atoms in total. The minimum absolute atomic E-state index is 0. The smallest absolute Gasteiger partial charge is 0.242 e. The maximum Gasteiger partial charge on any atom is 0.386 e. The Kier molecular flexibility index (Phi) is 3.76. The molecule has 1 rings (SSSR count). The first-order valence-electron chi connectivity index (χ1n) is 3.09. The zero-order valence-corrected chi connectivity index (χ0v) is 7.43. The van der Waals surface area contributed by atoms with Gasteiger partial charge in [0.2, 0.25) is 0 Å². The average Bonchev–Trinajstić information content (AvgIpc) is 1.94. The Balaban J connectivity index is 0.00000121. The molecule has 1 aromatic carbocycles. The van der Waals surface area contributed by atoms with Crippen LogP contribution in [0.1, 0.15) is 15.9 Å². The van der Waals surface area contributed by atoms with E-state index in [0.29, 0.717) is 5.56 Å². The second-order valence-corrected chi connectivity index (χ2v) is 2.25. The van der Waals surface area contributed by atoms with Gasteiger partial charge in [-0.25, -0.2) is 14.3 Å². The van der Waals surface area contributed by atoms with Crippen LogP contribution in [-0.4, -0.2) is 5.97 Å². The van der Waals surface area contributed by atoms with E-state index in [2.05, 4.69) is 0 Å². The third-order valence-corrected chi connectivity index (χ3v) is 1.39. The van der Waals surface area contributed by atoms with Crippen LogP contribution in [0.5, 0.6) is 0 Å². The topological polar surface area (TPSA) is 37.0 Å². The van der Waals surface area contributed by atoms with Crippen LogP contribution in [0.15, 0.2) is 18.2 Å². The molecule has 0 saturated carbocycles. The molecule has 0 amide bonds. The number of carbonyl (C=O) groups is 1. The zero-order chi connectivity index (χ0) is 8.43. The monoisotopic (exact) mass is 187 g/mol. The van der Waals surface area contributed by atoms with Gasteiger partial charge in [-0.2, -0.15) is 13.5 Å². The predicted molar refractivity (Wildman–Crippen MR) is 46.5 cm³/mol. The summed E-state index contributed by atoms with van der Waals surface area (Å²) in [4.78, 5) is 10.2. The van der Waals surface area contributed by atoms with Crippen LogP contribution < -0.4 is 0 Å². The number of hydrogen-bond donors (Lipinski definition) is 0. The van der Waals surface area contributed by atoms with Crippen molar-refractivity contribution in [3.63, 3.8) is 0 Å². The molecule has 0 aliphatic carbocycles. The second-order valence-electron chi connectivity index (χ2n) is 2.25. The van der Waals surface area contributed by atoms with Crippen LogP contribution in [0, 0.1) is 12.7 Å². The Hall–Kier alpha value is -1.03. The standard InChI is InChI=1S/C8H6FO2.H2S/c1-5-4-6(8(10)11)2-3-7(5)9;/h2-4H,1H3;1H2. The first-order chi connectivity index (χ1) is 5.11. The molecule has 0 aliphatic heterocycles. The first kappa shape index (κ1) is 11.0. The third-order valence-electron chi connectivity index (χ3n) is 1.39. The summed E-state index contributed by atoms with van der Waals surface area (Å²) in [6.07, 6.45) is 0. The molecular weight excluding hydrogens is 179 g/mol. The highest BCUT2D eigenvalue weighted by Gasteiger charge is 2.06. The summed E-state index contributed by atoms with van der Waals surface area (Å²) in [5.41, 5.74) is 0.315. The molecule has 1 aromatic rings. The van der Waals surface area contributed by atoms with E-state index in [1.807, 2.05) is 0 Å². The van der Waals surface area contributed by atoms with Crippen LogP contribution in [0.4, 0.5) is 4.39 Å². The van der Waals surface area contributed by atoms with E-state index in [1.165, 1.54) is 19.1 Å². The van der Waals surface area contributed by atoms with Gasteiger partial charge in [0, 0.05) is 0 Å². The molecule has 0 unspecified atom stereocenters. The van der Waals surface area contributed by atoms with Crippen molar-refractivity contribution in [1.29, 1.82) is 0 Å². The van der Waals surface area contributed by atoms with Gasteiger partial charge in [0.05, 0.1) is 5.56 Å². The molecule has 4 heteroatoms. The highest BCUT2D eigenvalue weighted by atomic mass is 32.1. The molecule has 0 bridgehead atoms. The summed E-state index contributed by atoms with van der Waals surface area (Å²) in [6.45, 7) is 1.50. The maximum absolute atomic E-state index is 12.5. The van der Waals surface area contributed by atoms with E-state index in [0.717, 1.165) is 6.07 Å². The van der Waals surface area contributed by atoms with E-state index < -0.39 is 11.8 Å². The van der Waals surface area contributed by atoms with Crippen LogP contribution in [0.25, 0.3) is 0 Å². The second kappa shape index (κ2) is 4.11. The van der Waals surface area contributed by atoms with Gasteiger partial charge in [-0.15, -0.1) is 0 Å². The first-order valence-corrected chi connectivity index (χ1v) is 3.09. The van der Waals surface area contributed by atoms with Crippen LogP contribution >= 0.6 is 13.5 Å². The fourth-order valence-electron chi connectivity index (χ4n) is 0.772. The van der Waals surface area contributed by atoms with Crippen LogP contribution in [0.3, 0.4) is 0 Å². The number of aryl methyl sites for hydroxylation is 1. The van der Waals surface area contributed by atoms with E-state index in [9.17, 15) is 14.3 Å². The van der Waals surface area contributed by atoms with E-state index in [-0.39, 0.29) is 19.1 Å². The fourth-order valence-corrected chi connectivity index (χ4v) is 0.772. The number of rotatable bonds is 1. The molecule has 65 valence electrons. The number of benzene rings is 1. The van der Waals surface area contributed by atoms with Gasteiger partial charge in [-0.3, -0.25) is 0 Å². The molecule has 0 aromatic heterocycles. The van der Waals surface area contributed by atoms with Gasteiger partial charge < -0.3 is 0 Å². The molecule has 0 spiro atoms. The number of carbonyl (C=O) groups excluding carboxylic acids is 1. The summed E-state index contributed by atoms with van der Waals surface area (Å²) in [7, 11) is 0. The Morgan fingerprint density at radius 2 is 2.00 bits per heavy atom. The summed E-state index contributed by atoms with van der Waals surface area (Å²) in [5, 5.41) is 10.2. The number of hydrogen-bond acceptors (Lipinski definition) is 1. The molecule has 0 saturated heterocycles. The van der Waals surface area contributed by atoms with Crippen molar-refractivity contribution in [3.05, 3.63) is 35.1 Å². The van der Waals surface area contributed by atoms with Crippen molar-refractivity contribution in [2.45, 2.75) is 6.92 Å². The quantitative estimate of drug-likeness (QED) is 0.660. The van der Waals surface area contributed by atoms with Crippen molar-refractivity contribution in [1.82, 2.24) is 0 Å². The zero-order valence-electron chi connectivity index (χ0n) is 6.43. The molecule has 0 heterocycles. The van der Waals surface area contributed by atoms with Gasteiger partial charge in [0.25, 0.3) is 0 Å². The molecule has 1 radical (unpaired) electrons. The van der Waals surface area contributed by atoms with E-state index in [4.69, 9.17) is 0 Å². The molecule has 0 atom stereocenters. The SMILES string of the molecule is Cc1cc(C([O])=O)ccc1F.S. The van der Waals surface area contributed by atoms with Crippen molar-refractivity contribution in [2.75, 3.05) is 0 Å². The summed E-state index contributed by atoms with van der Waals surface area (Å²) in [5.74, 6) is -1.69. The van der Waals surface area contributed by atoms with E-state index >= 15 is 0 Å². The Labute approximate surface area is 76.5 Å². The van der Waals surface area contributed by atoms with Crippen molar-refractivity contribution in [2.24, 2.45) is 0 Å². The molecule has 12 heavy (non-hydrogen) atoms. The van der Waals surface area contributed by atoms with Gasteiger partial charge in [0.1, 0.15) is 5.82 Å². The van der Waals surface area contributed by atoms with Crippen molar-refractivity contribution < 1.29 is 14.3 Å². The lowest BCUT2D eigenvalue weighted by Crippen LogP contribution is -1.95. The predicted octanol–water partition coefficient (Wildman–Crippen LogP) is 1.82. The molecule has 0 fully saturated rings. The van der Waals surface area contributed by atoms with Gasteiger partial charge in [0.15, 0.2) is 0 Å². The van der Waals surface area contributed by atoms with Gasteiger partial charge >= 0.3 is 5.97 Å². The highest BCUT2D eigenvalue weighted by molar-refractivity contribution is 7.59. The lowest BCUT2D eigenvalue weighted by atomic mass is 10.1. The molecular formula is C8H8FO2S. The summed E-state index contributed by atoms with van der Waals surface area (Å²) in [6, 6.07) is 3.53. The fraction of sp³-hybridized carbons (Fsp3) is 0.125. The lowest BCUT2D eigenvalue weighted by Gasteiger charge is -1.95. The van der Waals surface area contributed by atoms with Gasteiger partial charge in [-0.05, 0) is 30.7 Å². The third kappa shape index (κ3) is 2.23. The van der Waals surface area contributed by atoms with Crippen molar-refractivity contribution in [3.8, 4) is 0 Å². The Morgan fingerprint density at radius 3 is 2.42 bits per heavy atom. The van der Waals surface area contributed by atoms with Crippen LogP contribution in [-0.2, 0) is 5.11 Å². The summed E-state index contributed by atoms with van der Waals surface area (Å²) < 4.78 is 12.5. The minimum Gasteiger partial charge on any atom is -0.242 e. The largest absolute Gasteiger partial charge is 0.386 e. The van der Waals surface area contributed by atoms with Crippen LogP contribution in [0.2, 0.25) is 0 Å². The maximum atomic E-state index is 12.5. The average molecular weight is 187 g/mol.